The Morgan fingerprint density at radius 2 is 1.75 bits per heavy atom. The van der Waals surface area contributed by atoms with Gasteiger partial charge in [-0.15, -0.1) is 0 Å². The Kier molecular flexibility index (Phi) is 6.73. The number of hydrogen-bond acceptors (Lipinski definition) is 4. The average Bonchev–Trinajstić information content (AvgIpc) is 2.48. The van der Waals surface area contributed by atoms with Crippen LogP contribution in [0.4, 0.5) is 0 Å². The van der Waals surface area contributed by atoms with Crippen LogP contribution in [0.25, 0.3) is 0 Å². The van der Waals surface area contributed by atoms with E-state index in [0.29, 0.717) is 0 Å². The molecular formula is C16H28N2O2. The molecule has 1 aliphatic carbocycles. The molecule has 0 aromatic rings. The highest BCUT2D eigenvalue weighted by Gasteiger charge is 2.16. The number of hydrogen-bond donors (Lipinski definition) is 0. The van der Waals surface area contributed by atoms with Crippen molar-refractivity contribution in [3.8, 4) is 0 Å². The van der Waals surface area contributed by atoms with Crippen molar-refractivity contribution in [2.45, 2.75) is 19.4 Å². The van der Waals surface area contributed by atoms with E-state index in [1.165, 1.54) is 5.57 Å². The van der Waals surface area contributed by atoms with Crippen molar-refractivity contribution in [1.82, 2.24) is 9.80 Å². The van der Waals surface area contributed by atoms with Crippen molar-refractivity contribution < 1.29 is 9.47 Å². The van der Waals surface area contributed by atoms with Gasteiger partial charge in [0.15, 0.2) is 0 Å². The van der Waals surface area contributed by atoms with Gasteiger partial charge in [-0.2, -0.15) is 0 Å². The molecule has 2 rings (SSSR count). The molecular weight excluding hydrogens is 252 g/mol. The number of rotatable bonds is 7. The third kappa shape index (κ3) is 5.37. The molecule has 0 spiro atoms. The van der Waals surface area contributed by atoms with Gasteiger partial charge in [-0.25, -0.2) is 0 Å². The molecule has 0 aromatic carbocycles. The van der Waals surface area contributed by atoms with E-state index in [4.69, 9.17) is 9.47 Å². The van der Waals surface area contributed by atoms with Gasteiger partial charge in [-0.1, -0.05) is 23.8 Å². The average molecular weight is 280 g/mol. The maximum atomic E-state index is 5.92. The summed E-state index contributed by atoms with van der Waals surface area (Å²) in [5.41, 5.74) is 1.34. The molecule has 1 heterocycles. The summed E-state index contributed by atoms with van der Waals surface area (Å²) in [6.07, 6.45) is 7.88. The Morgan fingerprint density at radius 1 is 1.10 bits per heavy atom. The lowest BCUT2D eigenvalue weighted by atomic mass is 10.1. The fourth-order valence-electron chi connectivity index (χ4n) is 2.62. The van der Waals surface area contributed by atoms with Gasteiger partial charge in [-0.05, 0) is 13.3 Å². The predicted molar refractivity (Wildman–Crippen MR) is 82.0 cm³/mol. The van der Waals surface area contributed by atoms with E-state index in [-0.39, 0.29) is 6.10 Å². The molecule has 1 fully saturated rings. The summed E-state index contributed by atoms with van der Waals surface area (Å²) in [5, 5.41) is 0. The van der Waals surface area contributed by atoms with Crippen molar-refractivity contribution in [2.24, 2.45) is 0 Å². The Labute approximate surface area is 123 Å². The molecule has 20 heavy (non-hydrogen) atoms. The summed E-state index contributed by atoms with van der Waals surface area (Å²) < 4.78 is 11.0. The largest absolute Gasteiger partial charge is 0.383 e. The van der Waals surface area contributed by atoms with Gasteiger partial charge in [0.25, 0.3) is 0 Å². The smallest absolute Gasteiger partial charge is 0.0794 e. The van der Waals surface area contributed by atoms with Crippen LogP contribution in [0.15, 0.2) is 23.8 Å². The molecule has 4 nitrogen and oxygen atoms in total. The summed E-state index contributed by atoms with van der Waals surface area (Å²) in [6, 6.07) is 0. The molecule has 1 unspecified atom stereocenters. The fourth-order valence-corrected chi connectivity index (χ4v) is 2.62. The normalized spacial score (nSPS) is 24.9. The first-order valence-electron chi connectivity index (χ1n) is 7.68. The van der Waals surface area contributed by atoms with Crippen molar-refractivity contribution in [3.05, 3.63) is 23.8 Å². The maximum Gasteiger partial charge on any atom is 0.0794 e. The lowest BCUT2D eigenvalue weighted by molar-refractivity contribution is 0.0449. The van der Waals surface area contributed by atoms with Crippen LogP contribution in [-0.4, -0.2) is 75.5 Å². The summed E-state index contributed by atoms with van der Waals surface area (Å²) in [7, 11) is 1.77. The quantitative estimate of drug-likeness (QED) is 0.706. The first-order valence-corrected chi connectivity index (χ1v) is 7.68. The maximum absolute atomic E-state index is 5.92. The van der Waals surface area contributed by atoms with Crippen LogP contribution in [-0.2, 0) is 9.47 Å². The SMILES string of the molecule is COCCN1CCN(CCOC2C=CC(C)=CC2)CC1. The zero-order valence-electron chi connectivity index (χ0n) is 12.9. The van der Waals surface area contributed by atoms with Crippen LogP contribution < -0.4 is 0 Å². The molecule has 0 bridgehead atoms. The number of piperazine rings is 1. The van der Waals surface area contributed by atoms with Gasteiger partial charge >= 0.3 is 0 Å². The molecule has 2 aliphatic rings. The summed E-state index contributed by atoms with van der Waals surface area (Å²) in [5.74, 6) is 0. The monoisotopic (exact) mass is 280 g/mol. The van der Waals surface area contributed by atoms with Gasteiger partial charge in [0.1, 0.15) is 0 Å². The molecule has 1 saturated heterocycles. The lowest BCUT2D eigenvalue weighted by Gasteiger charge is -2.34. The Bertz CT molecular complexity index is 333. The van der Waals surface area contributed by atoms with Crippen LogP contribution in [0, 0.1) is 0 Å². The molecule has 0 N–H and O–H groups in total. The molecule has 0 amide bonds. The molecule has 1 atom stereocenters. The summed E-state index contributed by atoms with van der Waals surface area (Å²) in [4.78, 5) is 4.97. The van der Waals surface area contributed by atoms with Gasteiger partial charge < -0.3 is 9.47 Å². The third-order valence-corrected chi connectivity index (χ3v) is 4.06. The number of ether oxygens (including phenoxy) is 2. The fraction of sp³-hybridized carbons (Fsp3) is 0.750. The lowest BCUT2D eigenvalue weighted by Crippen LogP contribution is -2.48. The Balaban J connectivity index is 1.54. The van der Waals surface area contributed by atoms with Gasteiger partial charge in [0.2, 0.25) is 0 Å². The Hall–Kier alpha value is -0.680. The molecule has 0 aromatic heterocycles. The van der Waals surface area contributed by atoms with Gasteiger partial charge in [-0.3, -0.25) is 9.80 Å². The highest BCUT2D eigenvalue weighted by Crippen LogP contribution is 2.12. The number of allylic oxidation sites excluding steroid dienone is 2. The van der Waals surface area contributed by atoms with Crippen molar-refractivity contribution >= 4 is 0 Å². The van der Waals surface area contributed by atoms with Crippen LogP contribution in [0.5, 0.6) is 0 Å². The van der Waals surface area contributed by atoms with E-state index in [9.17, 15) is 0 Å². The highest BCUT2D eigenvalue weighted by atomic mass is 16.5. The van der Waals surface area contributed by atoms with Crippen LogP contribution in [0.2, 0.25) is 0 Å². The predicted octanol–water partition coefficient (Wildman–Crippen LogP) is 1.54. The van der Waals surface area contributed by atoms with Crippen LogP contribution in [0.3, 0.4) is 0 Å². The second-order valence-electron chi connectivity index (χ2n) is 5.63. The standard InChI is InChI=1S/C16H28N2O2/c1-15-3-5-16(6-4-15)20-14-12-18-9-7-17(8-10-18)11-13-19-2/h3-5,16H,6-14H2,1-2H3. The van der Waals surface area contributed by atoms with E-state index in [0.717, 1.165) is 58.9 Å². The molecule has 114 valence electrons. The number of methoxy groups -OCH3 is 1. The molecule has 0 radical (unpaired) electrons. The number of nitrogens with zero attached hydrogens (tertiary/aromatic N) is 2. The minimum Gasteiger partial charge on any atom is -0.383 e. The van der Waals surface area contributed by atoms with Crippen molar-refractivity contribution in [1.29, 1.82) is 0 Å². The van der Waals surface area contributed by atoms with Gasteiger partial charge in [0, 0.05) is 46.4 Å². The third-order valence-electron chi connectivity index (χ3n) is 4.06. The highest BCUT2D eigenvalue weighted by molar-refractivity contribution is 5.21. The topological polar surface area (TPSA) is 24.9 Å². The van der Waals surface area contributed by atoms with E-state index >= 15 is 0 Å². The van der Waals surface area contributed by atoms with Gasteiger partial charge in [0.05, 0.1) is 19.3 Å². The van der Waals surface area contributed by atoms with E-state index < -0.39 is 0 Å². The molecule has 4 heteroatoms. The first-order chi connectivity index (χ1) is 9.78. The van der Waals surface area contributed by atoms with Crippen molar-refractivity contribution in [2.75, 3.05) is 59.6 Å². The van der Waals surface area contributed by atoms with E-state index in [2.05, 4.69) is 35.0 Å². The summed E-state index contributed by atoms with van der Waals surface area (Å²) in [6.45, 7) is 10.5. The minimum atomic E-state index is 0.279. The van der Waals surface area contributed by atoms with Crippen LogP contribution in [0.1, 0.15) is 13.3 Å². The van der Waals surface area contributed by atoms with E-state index in [1.807, 2.05) is 0 Å². The second-order valence-corrected chi connectivity index (χ2v) is 5.63. The Morgan fingerprint density at radius 3 is 2.30 bits per heavy atom. The van der Waals surface area contributed by atoms with Crippen LogP contribution >= 0.6 is 0 Å². The molecule has 1 aliphatic heterocycles. The second kappa shape index (κ2) is 8.57. The first kappa shape index (κ1) is 15.7. The minimum absolute atomic E-state index is 0.279. The van der Waals surface area contributed by atoms with E-state index in [1.54, 1.807) is 7.11 Å². The molecule has 0 saturated carbocycles. The summed E-state index contributed by atoms with van der Waals surface area (Å²) >= 11 is 0. The van der Waals surface area contributed by atoms with Crippen molar-refractivity contribution in [3.63, 3.8) is 0 Å². The zero-order chi connectivity index (χ0) is 14.2. The zero-order valence-corrected chi connectivity index (χ0v) is 12.9.